The minimum atomic E-state index is -3.23. The SMILES string of the molecule is CCS(=O)(=O)N1CCC[C@@H](C(=O)N/N=C\c2sccc2C)C1. The first-order valence-electron chi connectivity index (χ1n) is 7.29. The molecule has 1 amide bonds. The first-order chi connectivity index (χ1) is 10.4. The van der Waals surface area contributed by atoms with Crippen molar-refractivity contribution in [1.82, 2.24) is 9.73 Å². The molecule has 6 nitrogen and oxygen atoms in total. The van der Waals surface area contributed by atoms with E-state index in [4.69, 9.17) is 0 Å². The van der Waals surface area contributed by atoms with Gasteiger partial charge in [-0.1, -0.05) is 0 Å². The molecule has 2 heterocycles. The molecule has 8 heteroatoms. The predicted molar refractivity (Wildman–Crippen MR) is 88.6 cm³/mol. The molecule has 0 bridgehead atoms. The van der Waals surface area contributed by atoms with Gasteiger partial charge in [0.25, 0.3) is 0 Å². The molecule has 0 radical (unpaired) electrons. The van der Waals surface area contributed by atoms with E-state index in [0.717, 1.165) is 10.4 Å². The van der Waals surface area contributed by atoms with Gasteiger partial charge in [0.2, 0.25) is 15.9 Å². The van der Waals surface area contributed by atoms with E-state index in [1.807, 2.05) is 18.4 Å². The zero-order chi connectivity index (χ0) is 16.2. The largest absolute Gasteiger partial charge is 0.273 e. The summed E-state index contributed by atoms with van der Waals surface area (Å²) in [5, 5.41) is 5.94. The second-order valence-electron chi connectivity index (χ2n) is 5.30. The van der Waals surface area contributed by atoms with Gasteiger partial charge in [0.05, 0.1) is 17.9 Å². The van der Waals surface area contributed by atoms with Crippen molar-refractivity contribution >= 4 is 33.5 Å². The highest BCUT2D eigenvalue weighted by atomic mass is 32.2. The number of carbonyl (C=O) groups excluding carboxylic acids is 1. The molecule has 22 heavy (non-hydrogen) atoms. The molecule has 0 spiro atoms. The number of piperidine rings is 1. The van der Waals surface area contributed by atoms with Gasteiger partial charge < -0.3 is 0 Å². The lowest BCUT2D eigenvalue weighted by Crippen LogP contribution is -2.45. The highest BCUT2D eigenvalue weighted by Crippen LogP contribution is 2.19. The van der Waals surface area contributed by atoms with Crippen molar-refractivity contribution in [3.63, 3.8) is 0 Å². The van der Waals surface area contributed by atoms with Crippen molar-refractivity contribution in [2.75, 3.05) is 18.8 Å². The molecule has 1 N–H and O–H groups in total. The lowest BCUT2D eigenvalue weighted by atomic mass is 9.99. The number of nitrogens with zero attached hydrogens (tertiary/aromatic N) is 2. The fraction of sp³-hybridized carbons (Fsp3) is 0.571. The molecule has 1 aromatic heterocycles. The topological polar surface area (TPSA) is 78.8 Å². The quantitative estimate of drug-likeness (QED) is 0.651. The Morgan fingerprint density at radius 3 is 3.00 bits per heavy atom. The van der Waals surface area contributed by atoms with Crippen LogP contribution in [0, 0.1) is 12.8 Å². The summed E-state index contributed by atoms with van der Waals surface area (Å²) in [4.78, 5) is 13.1. The number of hydrogen-bond donors (Lipinski definition) is 1. The molecule has 1 saturated heterocycles. The third kappa shape index (κ3) is 4.15. The van der Waals surface area contributed by atoms with Crippen LogP contribution in [-0.4, -0.2) is 43.7 Å². The number of thiophene rings is 1. The minimum Gasteiger partial charge on any atom is -0.273 e. The normalized spacial score (nSPS) is 20.4. The van der Waals surface area contributed by atoms with Crippen molar-refractivity contribution in [3.05, 3.63) is 21.9 Å². The molecule has 1 fully saturated rings. The van der Waals surface area contributed by atoms with Crippen LogP contribution in [0.3, 0.4) is 0 Å². The molecular formula is C14H21N3O3S2. The average molecular weight is 343 g/mol. The number of aryl methyl sites for hydroxylation is 1. The molecule has 1 atom stereocenters. The number of amides is 1. The Morgan fingerprint density at radius 2 is 2.36 bits per heavy atom. The summed E-state index contributed by atoms with van der Waals surface area (Å²) in [6.45, 7) is 4.34. The van der Waals surface area contributed by atoms with Crippen LogP contribution in [0.1, 0.15) is 30.2 Å². The number of sulfonamides is 1. The Balaban J connectivity index is 1.92. The molecule has 1 aliphatic rings. The fourth-order valence-electron chi connectivity index (χ4n) is 2.35. The Morgan fingerprint density at radius 1 is 1.59 bits per heavy atom. The number of rotatable bonds is 5. The third-order valence-corrected chi connectivity index (χ3v) is 6.57. The van der Waals surface area contributed by atoms with Gasteiger partial charge in [-0.05, 0) is 43.7 Å². The lowest BCUT2D eigenvalue weighted by Gasteiger charge is -2.30. The zero-order valence-corrected chi connectivity index (χ0v) is 14.4. The lowest BCUT2D eigenvalue weighted by molar-refractivity contribution is -0.126. The minimum absolute atomic E-state index is 0.0666. The average Bonchev–Trinajstić information content (AvgIpc) is 2.92. The molecule has 2 rings (SSSR count). The molecule has 122 valence electrons. The predicted octanol–water partition coefficient (Wildman–Crippen LogP) is 1.57. The summed E-state index contributed by atoms with van der Waals surface area (Å²) in [5.41, 5.74) is 3.64. The van der Waals surface area contributed by atoms with Gasteiger partial charge in [0, 0.05) is 18.0 Å². The van der Waals surface area contributed by atoms with Crippen LogP contribution in [0.5, 0.6) is 0 Å². The first-order valence-corrected chi connectivity index (χ1v) is 9.77. The Hall–Kier alpha value is -1.25. The van der Waals surface area contributed by atoms with Crippen LogP contribution in [-0.2, 0) is 14.8 Å². The highest BCUT2D eigenvalue weighted by molar-refractivity contribution is 7.89. The van der Waals surface area contributed by atoms with Crippen LogP contribution >= 0.6 is 11.3 Å². The van der Waals surface area contributed by atoms with Gasteiger partial charge in [0.15, 0.2) is 0 Å². The summed E-state index contributed by atoms with van der Waals surface area (Å²) in [7, 11) is -3.23. The van der Waals surface area contributed by atoms with E-state index in [1.165, 1.54) is 4.31 Å². The number of nitrogens with one attached hydrogen (secondary N) is 1. The van der Waals surface area contributed by atoms with Crippen molar-refractivity contribution < 1.29 is 13.2 Å². The monoisotopic (exact) mass is 343 g/mol. The highest BCUT2D eigenvalue weighted by Gasteiger charge is 2.31. The molecule has 1 aromatic rings. The number of carbonyl (C=O) groups is 1. The van der Waals surface area contributed by atoms with Crippen LogP contribution in [0.2, 0.25) is 0 Å². The Bertz CT molecular complexity index is 652. The molecule has 0 unspecified atom stereocenters. The van der Waals surface area contributed by atoms with Gasteiger partial charge in [-0.15, -0.1) is 11.3 Å². The second kappa shape index (κ2) is 7.34. The van der Waals surface area contributed by atoms with E-state index in [-0.39, 0.29) is 24.1 Å². The zero-order valence-electron chi connectivity index (χ0n) is 12.8. The van der Waals surface area contributed by atoms with Crippen LogP contribution < -0.4 is 5.43 Å². The molecular weight excluding hydrogens is 322 g/mol. The van der Waals surface area contributed by atoms with Gasteiger partial charge in [-0.2, -0.15) is 5.10 Å². The summed E-state index contributed by atoms with van der Waals surface area (Å²) < 4.78 is 25.2. The van der Waals surface area contributed by atoms with E-state index in [0.29, 0.717) is 19.4 Å². The van der Waals surface area contributed by atoms with Crippen molar-refractivity contribution in [3.8, 4) is 0 Å². The Kier molecular flexibility index (Phi) is 5.71. The van der Waals surface area contributed by atoms with Gasteiger partial charge in [-0.25, -0.2) is 18.1 Å². The first kappa shape index (κ1) is 17.1. The maximum absolute atomic E-state index is 12.1. The van der Waals surface area contributed by atoms with Crippen molar-refractivity contribution in [1.29, 1.82) is 0 Å². The Labute approximate surface area is 135 Å². The van der Waals surface area contributed by atoms with E-state index >= 15 is 0 Å². The molecule has 0 saturated carbocycles. The fourth-order valence-corrected chi connectivity index (χ4v) is 4.32. The van der Waals surface area contributed by atoms with E-state index < -0.39 is 10.0 Å². The van der Waals surface area contributed by atoms with Crippen molar-refractivity contribution in [2.24, 2.45) is 11.0 Å². The van der Waals surface area contributed by atoms with Crippen LogP contribution in [0.15, 0.2) is 16.5 Å². The van der Waals surface area contributed by atoms with Gasteiger partial charge in [-0.3, -0.25) is 4.79 Å². The van der Waals surface area contributed by atoms with E-state index in [1.54, 1.807) is 24.5 Å². The van der Waals surface area contributed by atoms with Gasteiger partial charge in [0.1, 0.15) is 0 Å². The molecule has 0 aliphatic carbocycles. The van der Waals surface area contributed by atoms with Crippen LogP contribution in [0.25, 0.3) is 0 Å². The summed E-state index contributed by atoms with van der Waals surface area (Å²) >= 11 is 1.56. The maximum atomic E-state index is 12.1. The second-order valence-corrected chi connectivity index (χ2v) is 8.51. The van der Waals surface area contributed by atoms with E-state index in [9.17, 15) is 13.2 Å². The standard InChI is InChI=1S/C14H21N3O3S2/c1-3-22(19,20)17-7-4-5-12(10-17)14(18)16-15-9-13-11(2)6-8-21-13/h6,8-9,12H,3-5,7,10H2,1-2H3,(H,16,18)/b15-9-/t12-/m1/s1. The number of hydrogen-bond acceptors (Lipinski definition) is 5. The summed E-state index contributed by atoms with van der Waals surface area (Å²) in [6.07, 6.45) is 3.02. The summed E-state index contributed by atoms with van der Waals surface area (Å²) in [6, 6.07) is 1.99. The van der Waals surface area contributed by atoms with Crippen molar-refractivity contribution in [2.45, 2.75) is 26.7 Å². The maximum Gasteiger partial charge on any atom is 0.244 e. The third-order valence-electron chi connectivity index (χ3n) is 3.77. The molecule has 0 aromatic carbocycles. The van der Waals surface area contributed by atoms with Crippen LogP contribution in [0.4, 0.5) is 0 Å². The van der Waals surface area contributed by atoms with Gasteiger partial charge >= 0.3 is 0 Å². The smallest absolute Gasteiger partial charge is 0.244 e. The number of hydrazone groups is 1. The summed E-state index contributed by atoms with van der Waals surface area (Å²) in [5.74, 6) is -0.491. The van der Waals surface area contributed by atoms with E-state index in [2.05, 4.69) is 10.5 Å². The molecule has 1 aliphatic heterocycles.